The van der Waals surface area contributed by atoms with Crippen LogP contribution >= 0.6 is 23.4 Å². The van der Waals surface area contributed by atoms with Crippen LogP contribution in [0.25, 0.3) is 28.3 Å². The standard InChI is InChI=1S/C21H18ClN3O2S/c1-26-15-8-4-14(5-9-15)20-19(13-6-10-16(28-3)11-7-13)24-21-23-17(22)12-18(27-2)25(20)21/h4-12H,1-3H3. The van der Waals surface area contributed by atoms with Crippen molar-refractivity contribution >= 4 is 29.1 Å². The zero-order valence-corrected chi connectivity index (χ0v) is 17.2. The molecule has 142 valence electrons. The van der Waals surface area contributed by atoms with Crippen molar-refractivity contribution in [3.05, 3.63) is 59.8 Å². The first-order valence-corrected chi connectivity index (χ1v) is 10.2. The van der Waals surface area contributed by atoms with Gasteiger partial charge < -0.3 is 9.47 Å². The molecule has 28 heavy (non-hydrogen) atoms. The van der Waals surface area contributed by atoms with Crippen LogP contribution < -0.4 is 9.47 Å². The van der Waals surface area contributed by atoms with Gasteiger partial charge in [0.1, 0.15) is 10.9 Å². The van der Waals surface area contributed by atoms with Gasteiger partial charge in [-0.05, 0) is 42.7 Å². The van der Waals surface area contributed by atoms with Crippen LogP contribution in [0.3, 0.4) is 0 Å². The van der Waals surface area contributed by atoms with Crippen LogP contribution in [0.5, 0.6) is 11.6 Å². The van der Waals surface area contributed by atoms with Crippen molar-refractivity contribution < 1.29 is 9.47 Å². The third kappa shape index (κ3) is 3.30. The Hall–Kier alpha value is -2.70. The fourth-order valence-electron chi connectivity index (χ4n) is 3.10. The zero-order valence-electron chi connectivity index (χ0n) is 15.6. The molecule has 4 aromatic rings. The first-order chi connectivity index (χ1) is 13.6. The van der Waals surface area contributed by atoms with E-state index in [2.05, 4.69) is 35.5 Å². The number of nitrogens with zero attached hydrogens (tertiary/aromatic N) is 3. The second-order valence-corrected chi connectivity index (χ2v) is 7.29. The van der Waals surface area contributed by atoms with Crippen molar-refractivity contribution in [3.63, 3.8) is 0 Å². The van der Waals surface area contributed by atoms with Crippen LogP contribution in [0, 0.1) is 0 Å². The lowest BCUT2D eigenvalue weighted by Crippen LogP contribution is -1.98. The first kappa shape index (κ1) is 18.7. The van der Waals surface area contributed by atoms with Crippen LogP contribution in [-0.2, 0) is 0 Å². The van der Waals surface area contributed by atoms with Crippen molar-refractivity contribution in [2.24, 2.45) is 0 Å². The van der Waals surface area contributed by atoms with E-state index >= 15 is 0 Å². The quantitative estimate of drug-likeness (QED) is 0.322. The first-order valence-electron chi connectivity index (χ1n) is 8.56. The van der Waals surface area contributed by atoms with Crippen LogP contribution in [0.4, 0.5) is 0 Å². The number of rotatable bonds is 5. The Kier molecular flexibility index (Phi) is 5.15. The van der Waals surface area contributed by atoms with Crippen LogP contribution in [0.1, 0.15) is 0 Å². The van der Waals surface area contributed by atoms with E-state index in [9.17, 15) is 0 Å². The molecular formula is C21H18ClN3O2S. The van der Waals surface area contributed by atoms with Crippen molar-refractivity contribution in [2.45, 2.75) is 4.90 Å². The van der Waals surface area contributed by atoms with Crippen molar-refractivity contribution in [1.82, 2.24) is 14.4 Å². The van der Waals surface area contributed by atoms with E-state index < -0.39 is 0 Å². The third-order valence-electron chi connectivity index (χ3n) is 4.47. The zero-order chi connectivity index (χ0) is 19.7. The summed E-state index contributed by atoms with van der Waals surface area (Å²) in [6.45, 7) is 0. The molecule has 0 radical (unpaired) electrons. The average molecular weight is 412 g/mol. The van der Waals surface area contributed by atoms with Gasteiger partial charge in [-0.2, -0.15) is 0 Å². The SMILES string of the molecule is COc1ccc(-c2c(-c3ccc(SC)cc3)nc3nc(Cl)cc(OC)n23)cc1. The summed E-state index contributed by atoms with van der Waals surface area (Å²) in [6.07, 6.45) is 2.06. The molecule has 0 saturated carbocycles. The second-order valence-electron chi connectivity index (χ2n) is 6.02. The summed E-state index contributed by atoms with van der Waals surface area (Å²) in [7, 11) is 3.26. The van der Waals surface area contributed by atoms with Gasteiger partial charge in [-0.25, -0.2) is 14.4 Å². The summed E-state index contributed by atoms with van der Waals surface area (Å²) in [6, 6.07) is 17.8. The van der Waals surface area contributed by atoms with Crippen molar-refractivity contribution in [3.8, 4) is 34.1 Å². The van der Waals surface area contributed by atoms with Gasteiger partial charge in [-0.1, -0.05) is 23.7 Å². The molecule has 0 aliphatic rings. The van der Waals surface area contributed by atoms with Crippen molar-refractivity contribution in [2.75, 3.05) is 20.5 Å². The monoisotopic (exact) mass is 411 g/mol. The lowest BCUT2D eigenvalue weighted by atomic mass is 10.0. The Bertz CT molecular complexity index is 1130. The number of hydrogen-bond acceptors (Lipinski definition) is 5. The number of aromatic nitrogens is 3. The summed E-state index contributed by atoms with van der Waals surface area (Å²) < 4.78 is 12.7. The molecule has 5 nitrogen and oxygen atoms in total. The number of fused-ring (bicyclic) bond motifs is 1. The van der Waals surface area contributed by atoms with E-state index in [0.29, 0.717) is 16.8 Å². The fourth-order valence-corrected chi connectivity index (χ4v) is 3.68. The van der Waals surface area contributed by atoms with Gasteiger partial charge in [0.2, 0.25) is 11.7 Å². The molecule has 0 bridgehead atoms. The Balaban J connectivity index is 2.02. The summed E-state index contributed by atoms with van der Waals surface area (Å²) in [5.74, 6) is 1.84. The van der Waals surface area contributed by atoms with Gasteiger partial charge in [0.15, 0.2) is 0 Å². The van der Waals surface area contributed by atoms with Crippen molar-refractivity contribution in [1.29, 1.82) is 0 Å². The highest BCUT2D eigenvalue weighted by atomic mass is 35.5. The van der Waals surface area contributed by atoms with E-state index in [1.54, 1.807) is 32.0 Å². The van der Waals surface area contributed by atoms with E-state index in [1.165, 1.54) is 4.90 Å². The molecule has 7 heteroatoms. The lowest BCUT2D eigenvalue weighted by molar-refractivity contribution is 0.392. The number of benzene rings is 2. The molecule has 0 unspecified atom stereocenters. The van der Waals surface area contributed by atoms with Crippen LogP contribution in [-0.4, -0.2) is 34.8 Å². The fraction of sp³-hybridized carbons (Fsp3) is 0.143. The molecule has 0 atom stereocenters. The van der Waals surface area contributed by atoms with Gasteiger partial charge >= 0.3 is 0 Å². The molecular weight excluding hydrogens is 394 g/mol. The highest BCUT2D eigenvalue weighted by Gasteiger charge is 2.20. The van der Waals surface area contributed by atoms with Crippen LogP contribution in [0.15, 0.2) is 59.5 Å². The molecule has 0 amide bonds. The Morgan fingerprint density at radius 2 is 1.57 bits per heavy atom. The summed E-state index contributed by atoms with van der Waals surface area (Å²) >= 11 is 7.87. The Morgan fingerprint density at radius 1 is 0.893 bits per heavy atom. The molecule has 2 aromatic heterocycles. The highest BCUT2D eigenvalue weighted by molar-refractivity contribution is 7.98. The summed E-state index contributed by atoms with van der Waals surface area (Å²) in [5, 5.41) is 0.333. The Morgan fingerprint density at radius 3 is 2.18 bits per heavy atom. The normalized spacial score (nSPS) is 11.0. The van der Waals surface area contributed by atoms with Gasteiger partial charge in [0, 0.05) is 22.1 Å². The maximum absolute atomic E-state index is 6.17. The predicted octanol–water partition coefficient (Wildman–Crippen LogP) is 5.46. The molecule has 0 aliphatic carbocycles. The number of halogens is 1. The maximum Gasteiger partial charge on any atom is 0.239 e. The smallest absolute Gasteiger partial charge is 0.239 e. The largest absolute Gasteiger partial charge is 0.497 e. The van der Waals surface area contributed by atoms with E-state index in [0.717, 1.165) is 28.3 Å². The minimum Gasteiger partial charge on any atom is -0.497 e. The number of hydrogen-bond donors (Lipinski definition) is 0. The summed E-state index contributed by atoms with van der Waals surface area (Å²) in [5.41, 5.74) is 3.66. The second kappa shape index (κ2) is 7.73. The Labute approximate surface area is 172 Å². The number of imidazole rings is 1. The lowest BCUT2D eigenvalue weighted by Gasteiger charge is -2.10. The molecule has 0 N–H and O–H groups in total. The molecule has 0 fully saturated rings. The number of methoxy groups -OCH3 is 2. The van der Waals surface area contributed by atoms with E-state index in [-0.39, 0.29) is 0 Å². The third-order valence-corrected chi connectivity index (χ3v) is 5.40. The number of thioether (sulfide) groups is 1. The van der Waals surface area contributed by atoms with E-state index in [4.69, 9.17) is 26.1 Å². The predicted molar refractivity (Wildman–Crippen MR) is 114 cm³/mol. The van der Waals surface area contributed by atoms with Crippen LogP contribution in [0.2, 0.25) is 5.15 Å². The molecule has 0 saturated heterocycles. The molecule has 0 aliphatic heterocycles. The average Bonchev–Trinajstić information content (AvgIpc) is 3.12. The highest BCUT2D eigenvalue weighted by Crippen LogP contribution is 2.36. The van der Waals surface area contributed by atoms with Gasteiger partial charge in [0.05, 0.1) is 25.6 Å². The number of ether oxygens (including phenoxy) is 2. The molecule has 2 aromatic carbocycles. The molecule has 2 heterocycles. The van der Waals surface area contributed by atoms with E-state index in [1.807, 2.05) is 28.7 Å². The van der Waals surface area contributed by atoms with Gasteiger partial charge in [-0.15, -0.1) is 11.8 Å². The van der Waals surface area contributed by atoms with Gasteiger partial charge in [-0.3, -0.25) is 0 Å². The minimum absolute atomic E-state index is 0.333. The molecule has 4 rings (SSSR count). The maximum atomic E-state index is 6.17. The molecule has 0 spiro atoms. The summed E-state index contributed by atoms with van der Waals surface area (Å²) in [4.78, 5) is 10.4. The topological polar surface area (TPSA) is 48.7 Å². The van der Waals surface area contributed by atoms with Gasteiger partial charge in [0.25, 0.3) is 0 Å². The minimum atomic E-state index is 0.333.